The molecule has 0 aliphatic heterocycles. The minimum atomic E-state index is 0.439. The van der Waals surface area contributed by atoms with E-state index in [1.807, 2.05) is 60.7 Å². The topological polar surface area (TPSA) is 31.6 Å². The average Bonchev–Trinajstić information content (AvgIpc) is 3.13. The van der Waals surface area contributed by atoms with E-state index >= 15 is 0 Å². The van der Waals surface area contributed by atoms with Gasteiger partial charge in [-0.3, -0.25) is 0 Å². The monoisotopic (exact) mass is 408 g/mol. The van der Waals surface area contributed by atoms with Crippen molar-refractivity contribution in [2.45, 2.75) is 13.2 Å². The molecule has 4 rings (SSSR count). The molecule has 1 aromatic heterocycles. The van der Waals surface area contributed by atoms with Gasteiger partial charge >= 0.3 is 0 Å². The molecule has 0 aliphatic carbocycles. The van der Waals surface area contributed by atoms with Gasteiger partial charge in [0.15, 0.2) is 11.3 Å². The number of rotatable bonds is 6. The minimum Gasteiger partial charge on any atom is -0.460 e. The average molecular weight is 409 g/mol. The molecule has 0 saturated carbocycles. The number of hydrogen-bond donors (Lipinski definition) is 0. The summed E-state index contributed by atoms with van der Waals surface area (Å²) in [5, 5.41) is 1.00. The lowest BCUT2D eigenvalue weighted by atomic mass is 10.1. The Morgan fingerprint density at radius 3 is 2.58 bits per heavy atom. The van der Waals surface area contributed by atoms with Crippen LogP contribution in [-0.2, 0) is 18.0 Å². The van der Waals surface area contributed by atoms with Gasteiger partial charge in [0.1, 0.15) is 5.75 Å². The van der Waals surface area contributed by atoms with Crippen LogP contribution in [0.4, 0.5) is 0 Å². The van der Waals surface area contributed by atoms with Gasteiger partial charge in [0.2, 0.25) is 0 Å². The van der Waals surface area contributed by atoms with Crippen molar-refractivity contribution in [3.8, 4) is 11.5 Å². The molecule has 4 aromatic rings. The van der Waals surface area contributed by atoms with Crippen molar-refractivity contribution in [2.75, 3.05) is 0 Å². The van der Waals surface area contributed by atoms with Crippen LogP contribution in [0.5, 0.6) is 11.5 Å². The molecule has 0 saturated heterocycles. The third kappa shape index (κ3) is 3.82. The molecule has 4 heteroatoms. The molecule has 1 heterocycles. The van der Waals surface area contributed by atoms with Gasteiger partial charge in [0.25, 0.3) is 0 Å². The second-order valence-corrected chi connectivity index (χ2v) is 6.85. The Hall–Kier alpha value is -2.56. The van der Waals surface area contributed by atoms with Crippen molar-refractivity contribution < 1.29 is 13.9 Å². The molecule has 0 spiro atoms. The molecule has 0 N–H and O–H groups in total. The van der Waals surface area contributed by atoms with E-state index in [2.05, 4.69) is 28.1 Å². The van der Waals surface area contributed by atoms with E-state index in [9.17, 15) is 0 Å². The zero-order valence-corrected chi connectivity index (χ0v) is 15.6. The van der Waals surface area contributed by atoms with Crippen LogP contribution in [0, 0.1) is 0 Å². The molecular formula is C22H17BrO3. The third-order valence-corrected chi connectivity index (χ3v) is 4.54. The van der Waals surface area contributed by atoms with Gasteiger partial charge in [-0.1, -0.05) is 64.5 Å². The number of hydrogen-bond acceptors (Lipinski definition) is 3. The summed E-state index contributed by atoms with van der Waals surface area (Å²) in [4.78, 5) is 0. The van der Waals surface area contributed by atoms with E-state index in [-0.39, 0.29) is 0 Å². The Bertz CT molecular complexity index is 1010. The zero-order chi connectivity index (χ0) is 17.8. The van der Waals surface area contributed by atoms with Crippen LogP contribution in [0.15, 0.2) is 87.9 Å². The Morgan fingerprint density at radius 1 is 0.846 bits per heavy atom. The van der Waals surface area contributed by atoms with Crippen molar-refractivity contribution in [1.82, 2.24) is 0 Å². The van der Waals surface area contributed by atoms with Crippen molar-refractivity contribution in [3.05, 3.63) is 94.7 Å². The van der Waals surface area contributed by atoms with Crippen LogP contribution in [0.1, 0.15) is 11.1 Å². The van der Waals surface area contributed by atoms with Crippen LogP contribution in [0.3, 0.4) is 0 Å². The Balaban J connectivity index is 1.59. The standard InChI is InChI=1S/C22H17BrO3/c23-19-7-4-8-20(13-19)26-22-18(10-9-17-11-12-25-21(17)22)15-24-14-16-5-2-1-3-6-16/h1-13H,14-15H2. The molecule has 26 heavy (non-hydrogen) atoms. The maximum Gasteiger partial charge on any atom is 0.176 e. The van der Waals surface area contributed by atoms with E-state index in [0.717, 1.165) is 32.3 Å². The van der Waals surface area contributed by atoms with Crippen LogP contribution in [0.2, 0.25) is 0 Å². The minimum absolute atomic E-state index is 0.439. The fraction of sp³-hybridized carbons (Fsp3) is 0.0909. The quantitative estimate of drug-likeness (QED) is 0.355. The fourth-order valence-corrected chi connectivity index (χ4v) is 3.15. The number of halogens is 1. The summed E-state index contributed by atoms with van der Waals surface area (Å²) < 4.78 is 18.7. The van der Waals surface area contributed by atoms with E-state index < -0.39 is 0 Å². The second-order valence-electron chi connectivity index (χ2n) is 5.93. The summed E-state index contributed by atoms with van der Waals surface area (Å²) in [6, 6.07) is 23.8. The highest BCUT2D eigenvalue weighted by Gasteiger charge is 2.13. The highest BCUT2D eigenvalue weighted by atomic mass is 79.9. The zero-order valence-electron chi connectivity index (χ0n) is 14.0. The fourth-order valence-electron chi connectivity index (χ4n) is 2.77. The first-order valence-corrected chi connectivity index (χ1v) is 9.13. The molecule has 0 aliphatic rings. The van der Waals surface area contributed by atoms with Crippen molar-refractivity contribution >= 4 is 26.9 Å². The molecule has 0 amide bonds. The largest absolute Gasteiger partial charge is 0.460 e. The predicted octanol–water partition coefficient (Wildman–Crippen LogP) is 6.70. The molecule has 3 aromatic carbocycles. The lowest BCUT2D eigenvalue weighted by Gasteiger charge is -2.12. The smallest absolute Gasteiger partial charge is 0.176 e. The van der Waals surface area contributed by atoms with Gasteiger partial charge in [-0.15, -0.1) is 0 Å². The van der Waals surface area contributed by atoms with E-state index in [4.69, 9.17) is 13.9 Å². The first-order chi connectivity index (χ1) is 12.8. The molecule has 0 fully saturated rings. The normalized spacial score (nSPS) is 11.0. The van der Waals surface area contributed by atoms with E-state index in [1.165, 1.54) is 0 Å². The van der Waals surface area contributed by atoms with Crippen molar-refractivity contribution in [1.29, 1.82) is 0 Å². The molecule has 3 nitrogen and oxygen atoms in total. The molecule has 0 atom stereocenters. The Labute approximate surface area is 160 Å². The highest BCUT2D eigenvalue weighted by molar-refractivity contribution is 9.10. The Morgan fingerprint density at radius 2 is 1.73 bits per heavy atom. The summed E-state index contributed by atoms with van der Waals surface area (Å²) in [5.41, 5.74) is 2.81. The van der Waals surface area contributed by atoms with Crippen LogP contribution >= 0.6 is 15.9 Å². The summed E-state index contributed by atoms with van der Waals surface area (Å²) in [6.07, 6.45) is 1.67. The number of furan rings is 1. The van der Waals surface area contributed by atoms with Crippen LogP contribution in [-0.4, -0.2) is 0 Å². The maximum absolute atomic E-state index is 6.16. The summed E-state index contributed by atoms with van der Waals surface area (Å²) in [7, 11) is 0. The van der Waals surface area contributed by atoms with E-state index in [0.29, 0.717) is 19.0 Å². The SMILES string of the molecule is Brc1cccc(Oc2c(COCc3ccccc3)ccc3ccoc23)c1. The van der Waals surface area contributed by atoms with Gasteiger partial charge in [-0.2, -0.15) is 0 Å². The number of benzene rings is 3. The predicted molar refractivity (Wildman–Crippen MR) is 105 cm³/mol. The third-order valence-electron chi connectivity index (χ3n) is 4.04. The van der Waals surface area contributed by atoms with Gasteiger partial charge < -0.3 is 13.9 Å². The molecule has 130 valence electrons. The molecule has 0 bridgehead atoms. The van der Waals surface area contributed by atoms with Crippen LogP contribution < -0.4 is 4.74 Å². The highest BCUT2D eigenvalue weighted by Crippen LogP contribution is 2.35. The lowest BCUT2D eigenvalue weighted by Crippen LogP contribution is -1.97. The summed E-state index contributed by atoms with van der Waals surface area (Å²) in [5.74, 6) is 1.44. The van der Waals surface area contributed by atoms with Crippen molar-refractivity contribution in [2.24, 2.45) is 0 Å². The van der Waals surface area contributed by atoms with Gasteiger partial charge in [0, 0.05) is 15.4 Å². The summed E-state index contributed by atoms with van der Waals surface area (Å²) >= 11 is 3.48. The summed E-state index contributed by atoms with van der Waals surface area (Å²) in [6.45, 7) is 0.988. The maximum atomic E-state index is 6.16. The first-order valence-electron chi connectivity index (χ1n) is 8.34. The van der Waals surface area contributed by atoms with Gasteiger partial charge in [-0.05, 0) is 29.8 Å². The molecule has 0 unspecified atom stereocenters. The first kappa shape index (κ1) is 16.9. The van der Waals surface area contributed by atoms with Crippen molar-refractivity contribution in [3.63, 3.8) is 0 Å². The number of fused-ring (bicyclic) bond motifs is 1. The van der Waals surface area contributed by atoms with Crippen LogP contribution in [0.25, 0.3) is 11.0 Å². The molecule has 0 radical (unpaired) electrons. The van der Waals surface area contributed by atoms with Gasteiger partial charge in [-0.25, -0.2) is 0 Å². The Kier molecular flexibility index (Phi) is 5.04. The van der Waals surface area contributed by atoms with E-state index in [1.54, 1.807) is 6.26 Å². The second kappa shape index (κ2) is 7.77. The van der Waals surface area contributed by atoms with Gasteiger partial charge in [0.05, 0.1) is 19.5 Å². The lowest BCUT2D eigenvalue weighted by molar-refractivity contribution is 0.106. The molecular weight excluding hydrogens is 392 g/mol. The number of ether oxygens (including phenoxy) is 2.